The van der Waals surface area contributed by atoms with Gasteiger partial charge in [-0.3, -0.25) is 9.59 Å². The first kappa shape index (κ1) is 13.7. The summed E-state index contributed by atoms with van der Waals surface area (Å²) in [7, 11) is 0. The van der Waals surface area contributed by atoms with Crippen LogP contribution >= 0.6 is 0 Å². The van der Waals surface area contributed by atoms with Crippen molar-refractivity contribution < 1.29 is 4.79 Å². The molecule has 0 saturated carbocycles. The van der Waals surface area contributed by atoms with Gasteiger partial charge in [0.25, 0.3) is 5.91 Å². The fourth-order valence-corrected chi connectivity index (χ4v) is 2.24. The average molecular weight is 294 g/mol. The second-order valence-corrected chi connectivity index (χ2v) is 4.90. The number of nitrogen functional groups attached to an aromatic ring is 2. The van der Waals surface area contributed by atoms with Crippen LogP contribution in [0.4, 0.5) is 17.1 Å². The Morgan fingerprint density at radius 1 is 1.05 bits per heavy atom. The van der Waals surface area contributed by atoms with Crippen LogP contribution < -0.4 is 22.2 Å². The number of nitrogens with two attached hydrogens (primary N) is 2. The standard InChI is InChI=1S/C16H14N4O2/c17-9-1-3-11(13(18)7-9)16(22)20-10-2-4-12-14(8-10)19-6-5-15(12)21/h1-8H,17-18H2,(H,19,21)(H,20,22). The van der Waals surface area contributed by atoms with Gasteiger partial charge in [-0.15, -0.1) is 0 Å². The molecule has 0 aliphatic carbocycles. The fraction of sp³-hybridized carbons (Fsp3) is 0. The number of aromatic amines is 1. The zero-order chi connectivity index (χ0) is 15.7. The third kappa shape index (κ3) is 2.49. The van der Waals surface area contributed by atoms with Crippen LogP contribution in [0.25, 0.3) is 10.9 Å². The van der Waals surface area contributed by atoms with E-state index in [9.17, 15) is 9.59 Å². The van der Waals surface area contributed by atoms with E-state index in [1.165, 1.54) is 12.1 Å². The molecule has 3 aromatic rings. The molecule has 6 heteroatoms. The summed E-state index contributed by atoms with van der Waals surface area (Å²) >= 11 is 0. The van der Waals surface area contributed by atoms with Gasteiger partial charge in [-0.05, 0) is 36.4 Å². The van der Waals surface area contributed by atoms with E-state index < -0.39 is 0 Å². The highest BCUT2D eigenvalue weighted by molar-refractivity contribution is 6.08. The molecule has 1 amide bonds. The summed E-state index contributed by atoms with van der Waals surface area (Å²) in [4.78, 5) is 26.9. The highest BCUT2D eigenvalue weighted by Crippen LogP contribution is 2.19. The molecule has 0 bridgehead atoms. The minimum atomic E-state index is -0.338. The normalized spacial score (nSPS) is 10.5. The van der Waals surface area contributed by atoms with Crippen LogP contribution in [0.2, 0.25) is 0 Å². The van der Waals surface area contributed by atoms with Crippen molar-refractivity contribution in [3.63, 3.8) is 0 Å². The molecule has 2 aromatic carbocycles. The number of pyridine rings is 1. The van der Waals surface area contributed by atoms with E-state index in [0.29, 0.717) is 33.5 Å². The van der Waals surface area contributed by atoms with E-state index in [1.54, 1.807) is 36.5 Å². The van der Waals surface area contributed by atoms with Gasteiger partial charge in [-0.2, -0.15) is 0 Å². The first-order valence-corrected chi connectivity index (χ1v) is 6.62. The molecule has 1 aromatic heterocycles. The monoisotopic (exact) mass is 294 g/mol. The molecule has 6 nitrogen and oxygen atoms in total. The molecule has 0 unspecified atom stereocenters. The van der Waals surface area contributed by atoms with Gasteiger partial charge in [0.1, 0.15) is 0 Å². The average Bonchev–Trinajstić information content (AvgIpc) is 2.47. The molecule has 0 fully saturated rings. The Morgan fingerprint density at radius 3 is 2.64 bits per heavy atom. The third-order valence-electron chi connectivity index (χ3n) is 3.34. The minimum Gasteiger partial charge on any atom is -0.399 e. The van der Waals surface area contributed by atoms with Gasteiger partial charge in [0.05, 0.1) is 11.1 Å². The van der Waals surface area contributed by atoms with Crippen molar-refractivity contribution in [1.82, 2.24) is 4.98 Å². The lowest BCUT2D eigenvalue weighted by molar-refractivity contribution is 0.102. The number of fused-ring (bicyclic) bond motifs is 1. The van der Waals surface area contributed by atoms with E-state index in [-0.39, 0.29) is 11.3 Å². The maximum atomic E-state index is 12.2. The van der Waals surface area contributed by atoms with E-state index in [1.807, 2.05) is 0 Å². The number of carbonyl (C=O) groups is 1. The van der Waals surface area contributed by atoms with Crippen LogP contribution in [0.1, 0.15) is 10.4 Å². The molecule has 0 aliphatic rings. The molecule has 6 N–H and O–H groups in total. The van der Waals surface area contributed by atoms with Crippen molar-refractivity contribution in [3.8, 4) is 0 Å². The van der Waals surface area contributed by atoms with E-state index in [2.05, 4.69) is 10.3 Å². The fourth-order valence-electron chi connectivity index (χ4n) is 2.24. The number of rotatable bonds is 2. The maximum Gasteiger partial charge on any atom is 0.257 e. The van der Waals surface area contributed by atoms with Gasteiger partial charge in [0.2, 0.25) is 0 Å². The van der Waals surface area contributed by atoms with Crippen molar-refractivity contribution >= 4 is 33.9 Å². The second kappa shape index (κ2) is 5.25. The molecular weight excluding hydrogens is 280 g/mol. The first-order chi connectivity index (χ1) is 10.5. The summed E-state index contributed by atoms with van der Waals surface area (Å²) in [5, 5.41) is 3.31. The van der Waals surface area contributed by atoms with Crippen LogP contribution in [-0.2, 0) is 0 Å². The van der Waals surface area contributed by atoms with Gasteiger partial charge >= 0.3 is 0 Å². The van der Waals surface area contributed by atoms with E-state index in [0.717, 1.165) is 0 Å². The summed E-state index contributed by atoms with van der Waals surface area (Å²) < 4.78 is 0. The molecule has 0 atom stereocenters. The Morgan fingerprint density at radius 2 is 1.86 bits per heavy atom. The summed E-state index contributed by atoms with van der Waals surface area (Å²) in [5.74, 6) is -0.338. The van der Waals surface area contributed by atoms with Crippen LogP contribution in [-0.4, -0.2) is 10.9 Å². The van der Waals surface area contributed by atoms with Gasteiger partial charge in [0, 0.05) is 34.7 Å². The molecule has 110 valence electrons. The van der Waals surface area contributed by atoms with E-state index >= 15 is 0 Å². The molecule has 0 aliphatic heterocycles. The van der Waals surface area contributed by atoms with Crippen molar-refractivity contribution in [2.75, 3.05) is 16.8 Å². The van der Waals surface area contributed by atoms with Crippen molar-refractivity contribution in [2.24, 2.45) is 0 Å². The number of aromatic nitrogens is 1. The molecular formula is C16H14N4O2. The maximum absolute atomic E-state index is 12.2. The highest BCUT2D eigenvalue weighted by Gasteiger charge is 2.10. The molecule has 1 heterocycles. The number of nitrogens with one attached hydrogen (secondary N) is 2. The lowest BCUT2D eigenvalue weighted by Crippen LogP contribution is -2.14. The van der Waals surface area contributed by atoms with Crippen LogP contribution in [0, 0.1) is 0 Å². The zero-order valence-electron chi connectivity index (χ0n) is 11.6. The summed E-state index contributed by atoms with van der Waals surface area (Å²) in [5.41, 5.74) is 13.7. The number of carbonyl (C=O) groups excluding carboxylic acids is 1. The summed E-state index contributed by atoms with van der Waals surface area (Å²) in [6.45, 7) is 0. The number of amides is 1. The van der Waals surface area contributed by atoms with Crippen molar-refractivity contribution in [3.05, 3.63) is 64.4 Å². The number of benzene rings is 2. The quantitative estimate of drug-likeness (QED) is 0.541. The number of H-pyrrole nitrogens is 1. The van der Waals surface area contributed by atoms with Crippen LogP contribution in [0.3, 0.4) is 0 Å². The Balaban J connectivity index is 1.92. The molecule has 0 radical (unpaired) electrons. The summed E-state index contributed by atoms with van der Waals surface area (Å²) in [6, 6.07) is 11.2. The lowest BCUT2D eigenvalue weighted by atomic mass is 10.1. The summed E-state index contributed by atoms with van der Waals surface area (Å²) in [6.07, 6.45) is 1.56. The predicted octanol–water partition coefficient (Wildman–Crippen LogP) is 1.94. The third-order valence-corrected chi connectivity index (χ3v) is 3.34. The molecule has 3 rings (SSSR count). The minimum absolute atomic E-state index is 0.0746. The molecule has 0 saturated heterocycles. The number of hydrogen-bond acceptors (Lipinski definition) is 4. The Bertz CT molecular complexity index is 931. The van der Waals surface area contributed by atoms with Gasteiger partial charge in [-0.25, -0.2) is 0 Å². The first-order valence-electron chi connectivity index (χ1n) is 6.62. The largest absolute Gasteiger partial charge is 0.399 e. The predicted molar refractivity (Wildman–Crippen MR) is 87.8 cm³/mol. The second-order valence-electron chi connectivity index (χ2n) is 4.90. The Hall–Kier alpha value is -3.28. The SMILES string of the molecule is Nc1ccc(C(=O)Nc2ccc3c(=O)cc[nH]c3c2)c(N)c1. The van der Waals surface area contributed by atoms with E-state index in [4.69, 9.17) is 11.5 Å². The van der Waals surface area contributed by atoms with Gasteiger partial charge in [-0.1, -0.05) is 0 Å². The molecule has 0 spiro atoms. The topological polar surface area (TPSA) is 114 Å². The lowest BCUT2D eigenvalue weighted by Gasteiger charge is -2.09. The van der Waals surface area contributed by atoms with Gasteiger partial charge < -0.3 is 21.8 Å². The zero-order valence-corrected chi connectivity index (χ0v) is 11.6. The number of hydrogen-bond donors (Lipinski definition) is 4. The van der Waals surface area contributed by atoms with Gasteiger partial charge in [0.15, 0.2) is 5.43 Å². The van der Waals surface area contributed by atoms with Crippen LogP contribution in [0.15, 0.2) is 53.5 Å². The Labute approximate surface area is 125 Å². The van der Waals surface area contributed by atoms with Crippen LogP contribution in [0.5, 0.6) is 0 Å². The number of anilines is 3. The highest BCUT2D eigenvalue weighted by atomic mass is 16.1. The Kier molecular flexibility index (Phi) is 3.27. The smallest absolute Gasteiger partial charge is 0.257 e. The molecule has 22 heavy (non-hydrogen) atoms. The van der Waals surface area contributed by atoms with Crippen molar-refractivity contribution in [2.45, 2.75) is 0 Å². The van der Waals surface area contributed by atoms with Crippen molar-refractivity contribution in [1.29, 1.82) is 0 Å².